The third kappa shape index (κ3) is 2.41. The maximum Gasteiger partial charge on any atom is 0.335 e. The van der Waals surface area contributed by atoms with Gasteiger partial charge in [-0.15, -0.1) is 0 Å². The van der Waals surface area contributed by atoms with Gasteiger partial charge in [-0.2, -0.15) is 0 Å². The van der Waals surface area contributed by atoms with E-state index in [4.69, 9.17) is 9.84 Å². The molecule has 5 nitrogen and oxygen atoms in total. The van der Waals surface area contributed by atoms with Crippen molar-refractivity contribution < 1.29 is 14.6 Å². The number of ether oxygens (including phenoxy) is 1. The number of carbonyl (C=O) groups is 1. The molecule has 0 aliphatic carbocycles. The van der Waals surface area contributed by atoms with E-state index in [1.54, 1.807) is 12.1 Å². The molecule has 0 amide bonds. The Kier molecular flexibility index (Phi) is 3.44. The van der Waals surface area contributed by atoms with Gasteiger partial charge in [0.1, 0.15) is 5.82 Å². The summed E-state index contributed by atoms with van der Waals surface area (Å²) < 4.78 is 7.66. The molecule has 0 bridgehead atoms. The highest BCUT2D eigenvalue weighted by atomic mass is 16.5. The molecule has 20 heavy (non-hydrogen) atoms. The summed E-state index contributed by atoms with van der Waals surface area (Å²) in [6.45, 7) is 0.870. The van der Waals surface area contributed by atoms with Crippen LogP contribution in [-0.4, -0.2) is 33.3 Å². The number of aromatic nitrogens is 2. The quantitative estimate of drug-likeness (QED) is 0.929. The van der Waals surface area contributed by atoms with Gasteiger partial charge in [0.05, 0.1) is 22.7 Å². The van der Waals surface area contributed by atoms with E-state index in [1.165, 1.54) is 0 Å². The molecular weight excluding hydrogens is 256 g/mol. The van der Waals surface area contributed by atoms with Crippen LogP contribution >= 0.6 is 0 Å². The van der Waals surface area contributed by atoms with Crippen molar-refractivity contribution in [2.24, 2.45) is 7.05 Å². The molecule has 1 fully saturated rings. The SMILES string of the molecule is Cn1c(CCC2CCCO2)nc2cc(C(=O)O)ccc21. The van der Waals surface area contributed by atoms with Gasteiger partial charge in [0.2, 0.25) is 0 Å². The minimum Gasteiger partial charge on any atom is -0.478 e. The monoisotopic (exact) mass is 274 g/mol. The van der Waals surface area contributed by atoms with Crippen LogP contribution in [0.15, 0.2) is 18.2 Å². The molecule has 1 aliphatic rings. The van der Waals surface area contributed by atoms with Gasteiger partial charge in [-0.05, 0) is 37.5 Å². The Morgan fingerprint density at radius 2 is 2.40 bits per heavy atom. The van der Waals surface area contributed by atoms with Crippen molar-refractivity contribution in [2.75, 3.05) is 6.61 Å². The highest BCUT2D eigenvalue weighted by molar-refractivity contribution is 5.92. The predicted molar refractivity (Wildman–Crippen MR) is 75.0 cm³/mol. The van der Waals surface area contributed by atoms with Crippen molar-refractivity contribution in [1.29, 1.82) is 0 Å². The van der Waals surface area contributed by atoms with Crippen molar-refractivity contribution >= 4 is 17.0 Å². The van der Waals surface area contributed by atoms with Gasteiger partial charge in [-0.25, -0.2) is 9.78 Å². The predicted octanol–water partition coefficient (Wildman–Crippen LogP) is 2.38. The molecule has 3 rings (SSSR count). The van der Waals surface area contributed by atoms with Crippen LogP contribution in [0.1, 0.15) is 35.4 Å². The van der Waals surface area contributed by atoms with E-state index in [9.17, 15) is 4.79 Å². The Hall–Kier alpha value is -1.88. The van der Waals surface area contributed by atoms with E-state index in [0.29, 0.717) is 6.10 Å². The van der Waals surface area contributed by atoms with E-state index in [-0.39, 0.29) is 5.56 Å². The number of hydrogen-bond acceptors (Lipinski definition) is 3. The lowest BCUT2D eigenvalue weighted by Gasteiger charge is -2.08. The minimum absolute atomic E-state index is 0.279. The number of aromatic carboxylic acids is 1. The van der Waals surface area contributed by atoms with Crippen LogP contribution in [0.5, 0.6) is 0 Å². The fraction of sp³-hybridized carbons (Fsp3) is 0.467. The molecule has 1 atom stereocenters. The van der Waals surface area contributed by atoms with E-state index in [1.807, 2.05) is 17.7 Å². The molecule has 0 spiro atoms. The lowest BCUT2D eigenvalue weighted by atomic mass is 10.1. The van der Waals surface area contributed by atoms with Crippen LogP contribution in [-0.2, 0) is 18.2 Å². The standard InChI is InChI=1S/C15H18N2O3/c1-17-13-6-4-10(15(18)19)9-12(13)16-14(17)7-5-11-3-2-8-20-11/h4,6,9,11H,2-3,5,7-8H2,1H3,(H,18,19). The van der Waals surface area contributed by atoms with E-state index in [0.717, 1.165) is 49.1 Å². The van der Waals surface area contributed by atoms with Gasteiger partial charge in [-0.1, -0.05) is 0 Å². The highest BCUT2D eigenvalue weighted by Gasteiger charge is 2.17. The first kappa shape index (κ1) is 13.1. The van der Waals surface area contributed by atoms with E-state index < -0.39 is 5.97 Å². The number of aryl methyl sites for hydroxylation is 2. The maximum atomic E-state index is 11.0. The van der Waals surface area contributed by atoms with Gasteiger partial charge in [0.15, 0.2) is 0 Å². The van der Waals surface area contributed by atoms with Crippen molar-refractivity contribution in [3.05, 3.63) is 29.6 Å². The summed E-state index contributed by atoms with van der Waals surface area (Å²) in [5.74, 6) is 0.0662. The van der Waals surface area contributed by atoms with E-state index in [2.05, 4.69) is 4.98 Å². The van der Waals surface area contributed by atoms with Crippen LogP contribution in [0.2, 0.25) is 0 Å². The molecule has 0 radical (unpaired) electrons. The lowest BCUT2D eigenvalue weighted by molar-refractivity contribution is 0.0697. The number of carboxylic acid groups (broad SMARTS) is 1. The summed E-state index contributed by atoms with van der Waals surface area (Å²) in [5, 5.41) is 9.02. The summed E-state index contributed by atoms with van der Waals surface area (Å²) >= 11 is 0. The number of nitrogens with zero attached hydrogens (tertiary/aromatic N) is 2. The third-order valence-electron chi connectivity index (χ3n) is 3.93. The molecule has 0 saturated carbocycles. The van der Waals surface area contributed by atoms with Gasteiger partial charge in [-0.3, -0.25) is 0 Å². The van der Waals surface area contributed by atoms with Crippen molar-refractivity contribution in [3.8, 4) is 0 Å². The number of imidazole rings is 1. The average Bonchev–Trinajstić information content (AvgIpc) is 3.04. The second kappa shape index (κ2) is 5.25. The Balaban J connectivity index is 1.83. The summed E-state index contributed by atoms with van der Waals surface area (Å²) in [5.41, 5.74) is 1.99. The largest absolute Gasteiger partial charge is 0.478 e. The van der Waals surface area contributed by atoms with E-state index >= 15 is 0 Å². The summed E-state index contributed by atoms with van der Waals surface area (Å²) in [4.78, 5) is 15.5. The van der Waals surface area contributed by atoms with Gasteiger partial charge >= 0.3 is 5.97 Å². The summed E-state index contributed by atoms with van der Waals surface area (Å²) in [6, 6.07) is 5.07. The Bertz CT molecular complexity index is 642. The Labute approximate surface area is 117 Å². The van der Waals surface area contributed by atoms with Gasteiger partial charge < -0.3 is 14.4 Å². The first-order valence-electron chi connectivity index (χ1n) is 6.95. The molecule has 1 saturated heterocycles. The van der Waals surface area contributed by atoms with Crippen LogP contribution in [0, 0.1) is 0 Å². The third-order valence-corrected chi connectivity index (χ3v) is 3.93. The minimum atomic E-state index is -0.918. The van der Waals surface area contributed by atoms with Crippen LogP contribution in [0.25, 0.3) is 11.0 Å². The van der Waals surface area contributed by atoms with Crippen molar-refractivity contribution in [1.82, 2.24) is 9.55 Å². The molecule has 5 heteroatoms. The normalized spacial score (nSPS) is 18.8. The second-order valence-corrected chi connectivity index (χ2v) is 5.27. The molecule has 1 N–H and O–H groups in total. The molecule has 1 unspecified atom stereocenters. The topological polar surface area (TPSA) is 64.4 Å². The van der Waals surface area contributed by atoms with Gasteiger partial charge in [0.25, 0.3) is 0 Å². The summed E-state index contributed by atoms with van der Waals surface area (Å²) in [6.07, 6.45) is 4.47. The Morgan fingerprint density at radius 1 is 1.55 bits per heavy atom. The molecule has 2 heterocycles. The van der Waals surface area contributed by atoms with Crippen LogP contribution < -0.4 is 0 Å². The zero-order chi connectivity index (χ0) is 14.1. The first-order valence-corrected chi connectivity index (χ1v) is 6.95. The molecule has 1 aromatic heterocycles. The first-order chi connectivity index (χ1) is 9.65. The number of carboxylic acids is 1. The maximum absolute atomic E-state index is 11.0. The smallest absolute Gasteiger partial charge is 0.335 e. The molecule has 2 aromatic rings. The second-order valence-electron chi connectivity index (χ2n) is 5.27. The fourth-order valence-electron chi connectivity index (χ4n) is 2.77. The Morgan fingerprint density at radius 3 is 3.10 bits per heavy atom. The zero-order valence-corrected chi connectivity index (χ0v) is 11.5. The number of fused-ring (bicyclic) bond motifs is 1. The average molecular weight is 274 g/mol. The van der Waals surface area contributed by atoms with Crippen LogP contribution in [0.4, 0.5) is 0 Å². The zero-order valence-electron chi connectivity index (χ0n) is 11.5. The molecule has 1 aliphatic heterocycles. The number of benzene rings is 1. The molecule has 106 valence electrons. The fourth-order valence-corrected chi connectivity index (χ4v) is 2.77. The molecular formula is C15H18N2O3. The van der Waals surface area contributed by atoms with Gasteiger partial charge in [0, 0.05) is 20.1 Å². The lowest BCUT2D eigenvalue weighted by Crippen LogP contribution is -2.08. The van der Waals surface area contributed by atoms with Crippen molar-refractivity contribution in [2.45, 2.75) is 31.8 Å². The summed E-state index contributed by atoms with van der Waals surface area (Å²) in [7, 11) is 1.97. The van der Waals surface area contributed by atoms with Crippen molar-refractivity contribution in [3.63, 3.8) is 0 Å². The van der Waals surface area contributed by atoms with Crippen LogP contribution in [0.3, 0.4) is 0 Å². The highest BCUT2D eigenvalue weighted by Crippen LogP contribution is 2.21. The molecule has 1 aromatic carbocycles. The number of hydrogen-bond donors (Lipinski definition) is 1. The number of rotatable bonds is 4.